The van der Waals surface area contributed by atoms with Crippen LogP contribution in [0.5, 0.6) is 0 Å². The quantitative estimate of drug-likeness (QED) is 0.501. The Kier molecular flexibility index (Phi) is 3.86. The molecular weight excluding hydrogens is 292 g/mol. The van der Waals surface area contributed by atoms with Crippen molar-refractivity contribution in [1.82, 2.24) is 9.97 Å². The van der Waals surface area contributed by atoms with E-state index in [-0.39, 0.29) is 0 Å². The zero-order valence-corrected chi connectivity index (χ0v) is 13.1. The molecule has 24 heavy (non-hydrogen) atoms. The Morgan fingerprint density at radius 3 is 1.88 bits per heavy atom. The fourth-order valence-corrected chi connectivity index (χ4v) is 2.73. The maximum Gasteiger partial charge on any atom is 0.159 e. The van der Waals surface area contributed by atoms with E-state index in [2.05, 4.69) is 53.5 Å². The highest BCUT2D eigenvalue weighted by Crippen LogP contribution is 2.26. The van der Waals surface area contributed by atoms with Crippen LogP contribution in [0.3, 0.4) is 0 Å². The molecule has 0 N–H and O–H groups in total. The Morgan fingerprint density at radius 1 is 0.500 bits per heavy atom. The van der Waals surface area contributed by atoms with Gasteiger partial charge in [-0.05, 0) is 23.3 Å². The zero-order chi connectivity index (χ0) is 16.2. The second kappa shape index (κ2) is 6.47. The Labute approximate surface area is 141 Å². The van der Waals surface area contributed by atoms with E-state index >= 15 is 0 Å². The molecule has 0 radical (unpaired) electrons. The first-order valence-corrected chi connectivity index (χ1v) is 7.94. The summed E-state index contributed by atoms with van der Waals surface area (Å²) in [6, 6.07) is 30.8. The highest BCUT2D eigenvalue weighted by molar-refractivity contribution is 5.72. The van der Waals surface area contributed by atoms with Crippen LogP contribution >= 0.6 is 0 Å². The summed E-state index contributed by atoms with van der Waals surface area (Å²) >= 11 is 0. The summed E-state index contributed by atoms with van der Waals surface area (Å²) < 4.78 is 0. The molecule has 3 aromatic carbocycles. The third-order valence-corrected chi connectivity index (χ3v) is 3.95. The van der Waals surface area contributed by atoms with Gasteiger partial charge < -0.3 is 0 Å². The van der Waals surface area contributed by atoms with Crippen molar-refractivity contribution in [2.75, 3.05) is 0 Å². The molecule has 0 amide bonds. The molecule has 2 nitrogen and oxygen atoms in total. The van der Waals surface area contributed by atoms with Gasteiger partial charge in [0.2, 0.25) is 0 Å². The van der Waals surface area contributed by atoms with Crippen LogP contribution in [0.15, 0.2) is 97.2 Å². The topological polar surface area (TPSA) is 25.8 Å². The molecule has 0 atom stereocenters. The highest BCUT2D eigenvalue weighted by atomic mass is 14.9. The molecule has 0 spiro atoms. The van der Waals surface area contributed by atoms with Gasteiger partial charge in [-0.1, -0.05) is 78.9 Å². The maximum absolute atomic E-state index is 4.74. The largest absolute Gasteiger partial charge is 0.237 e. The molecule has 1 heterocycles. The van der Waals surface area contributed by atoms with Gasteiger partial charge in [0.25, 0.3) is 0 Å². The van der Waals surface area contributed by atoms with Crippen LogP contribution in [0, 0.1) is 0 Å². The summed E-state index contributed by atoms with van der Waals surface area (Å²) in [6.07, 6.45) is 1.82. The van der Waals surface area contributed by atoms with Gasteiger partial charge in [-0.3, -0.25) is 0 Å². The van der Waals surface area contributed by atoms with Crippen molar-refractivity contribution in [1.29, 1.82) is 0 Å². The average Bonchev–Trinajstić information content (AvgIpc) is 2.70. The minimum absolute atomic E-state index is 0.748. The van der Waals surface area contributed by atoms with Crippen LogP contribution < -0.4 is 0 Å². The molecule has 0 fully saturated rings. The minimum atomic E-state index is 0.748. The van der Waals surface area contributed by atoms with E-state index in [0.29, 0.717) is 0 Å². The Balaban J connectivity index is 1.75. The number of aromatic nitrogens is 2. The maximum atomic E-state index is 4.74. The van der Waals surface area contributed by atoms with Crippen molar-refractivity contribution in [3.63, 3.8) is 0 Å². The zero-order valence-electron chi connectivity index (χ0n) is 13.1. The predicted octanol–water partition coefficient (Wildman–Crippen LogP) is 5.48. The molecule has 0 aliphatic carbocycles. The molecular formula is C22H16N2. The fourth-order valence-electron chi connectivity index (χ4n) is 2.73. The van der Waals surface area contributed by atoms with Crippen LogP contribution in [0.1, 0.15) is 0 Å². The normalized spacial score (nSPS) is 10.5. The lowest BCUT2D eigenvalue weighted by atomic mass is 10.0. The van der Waals surface area contributed by atoms with Gasteiger partial charge in [-0.2, -0.15) is 0 Å². The van der Waals surface area contributed by atoms with Gasteiger partial charge in [0.05, 0.1) is 5.69 Å². The second-order valence-corrected chi connectivity index (χ2v) is 5.58. The van der Waals surface area contributed by atoms with E-state index in [1.54, 1.807) is 0 Å². The number of hydrogen-bond acceptors (Lipinski definition) is 2. The first kappa shape index (κ1) is 14.3. The number of rotatable bonds is 3. The van der Waals surface area contributed by atoms with E-state index in [9.17, 15) is 0 Å². The Hall–Kier alpha value is -3.26. The molecule has 0 bridgehead atoms. The van der Waals surface area contributed by atoms with Crippen molar-refractivity contribution in [3.05, 3.63) is 97.2 Å². The molecule has 2 heteroatoms. The first-order chi connectivity index (χ1) is 11.9. The first-order valence-electron chi connectivity index (χ1n) is 7.94. The summed E-state index contributed by atoms with van der Waals surface area (Å²) in [4.78, 5) is 9.14. The van der Waals surface area contributed by atoms with Crippen molar-refractivity contribution in [2.24, 2.45) is 0 Å². The summed E-state index contributed by atoms with van der Waals surface area (Å²) in [6.45, 7) is 0. The average molecular weight is 308 g/mol. The summed E-state index contributed by atoms with van der Waals surface area (Å²) in [7, 11) is 0. The molecule has 114 valence electrons. The van der Waals surface area contributed by atoms with Crippen LogP contribution in [0.4, 0.5) is 0 Å². The van der Waals surface area contributed by atoms with Crippen molar-refractivity contribution >= 4 is 0 Å². The van der Waals surface area contributed by atoms with E-state index < -0.39 is 0 Å². The predicted molar refractivity (Wildman–Crippen MR) is 98.3 cm³/mol. The van der Waals surface area contributed by atoms with Crippen LogP contribution in [0.2, 0.25) is 0 Å². The standard InChI is InChI=1S/C22H16N2/c1-3-8-17(9-4-1)19-12-7-13-20(16-19)21-14-15-23-22(24-21)18-10-5-2-6-11-18/h1-16H. The van der Waals surface area contributed by atoms with Gasteiger partial charge >= 0.3 is 0 Å². The summed E-state index contributed by atoms with van der Waals surface area (Å²) in [5.74, 6) is 0.748. The second-order valence-electron chi connectivity index (χ2n) is 5.58. The van der Waals surface area contributed by atoms with E-state index in [1.807, 2.05) is 48.7 Å². The Morgan fingerprint density at radius 2 is 1.12 bits per heavy atom. The van der Waals surface area contributed by atoms with Crippen LogP contribution in [0.25, 0.3) is 33.8 Å². The molecule has 0 saturated heterocycles. The molecule has 4 rings (SSSR count). The lowest BCUT2D eigenvalue weighted by molar-refractivity contribution is 1.18. The number of nitrogens with zero attached hydrogens (tertiary/aromatic N) is 2. The smallest absolute Gasteiger partial charge is 0.159 e. The summed E-state index contributed by atoms with van der Waals surface area (Å²) in [5.41, 5.74) is 5.45. The van der Waals surface area contributed by atoms with E-state index in [0.717, 1.165) is 22.6 Å². The van der Waals surface area contributed by atoms with Gasteiger partial charge in [0, 0.05) is 17.3 Å². The third-order valence-electron chi connectivity index (χ3n) is 3.95. The molecule has 0 saturated carbocycles. The van der Waals surface area contributed by atoms with Gasteiger partial charge in [0.15, 0.2) is 5.82 Å². The van der Waals surface area contributed by atoms with Crippen molar-refractivity contribution in [2.45, 2.75) is 0 Å². The monoisotopic (exact) mass is 308 g/mol. The number of benzene rings is 3. The van der Waals surface area contributed by atoms with Crippen molar-refractivity contribution in [3.8, 4) is 33.8 Å². The molecule has 4 aromatic rings. The minimum Gasteiger partial charge on any atom is -0.237 e. The molecule has 0 aliphatic heterocycles. The van der Waals surface area contributed by atoms with Crippen molar-refractivity contribution < 1.29 is 0 Å². The SMILES string of the molecule is c1ccc(-c2cccc(-c3ccnc(-c4ccccc4)n3)c2)cc1. The molecule has 1 aromatic heterocycles. The van der Waals surface area contributed by atoms with E-state index in [4.69, 9.17) is 4.98 Å². The van der Waals surface area contributed by atoms with Crippen LogP contribution in [-0.4, -0.2) is 9.97 Å². The molecule has 0 aliphatic rings. The summed E-state index contributed by atoms with van der Waals surface area (Å²) in [5, 5.41) is 0. The van der Waals surface area contributed by atoms with Gasteiger partial charge in [0.1, 0.15) is 0 Å². The van der Waals surface area contributed by atoms with Crippen LogP contribution in [-0.2, 0) is 0 Å². The molecule has 0 unspecified atom stereocenters. The lowest BCUT2D eigenvalue weighted by Crippen LogP contribution is -1.91. The van der Waals surface area contributed by atoms with Gasteiger partial charge in [-0.15, -0.1) is 0 Å². The Bertz CT molecular complexity index is 867. The third kappa shape index (κ3) is 2.95. The highest BCUT2D eigenvalue weighted by Gasteiger charge is 2.06. The number of hydrogen-bond donors (Lipinski definition) is 0. The van der Waals surface area contributed by atoms with Gasteiger partial charge in [-0.25, -0.2) is 9.97 Å². The lowest BCUT2D eigenvalue weighted by Gasteiger charge is -2.07. The fraction of sp³-hybridized carbons (Fsp3) is 0. The van der Waals surface area contributed by atoms with E-state index in [1.165, 1.54) is 11.1 Å².